The van der Waals surface area contributed by atoms with Gasteiger partial charge in [0, 0.05) is 19.4 Å². The largest absolute Gasteiger partial charge is 0.481 e. The molecule has 0 aliphatic heterocycles. The highest BCUT2D eigenvalue weighted by atomic mass is 32.2. The van der Waals surface area contributed by atoms with Crippen molar-refractivity contribution in [3.05, 3.63) is 24.0 Å². The SMILES string of the molecule is Cc1nnc(SCC(=O)O)n1Cc1nccn1C. The second kappa shape index (κ2) is 5.21. The van der Waals surface area contributed by atoms with E-state index in [1.807, 2.05) is 29.3 Å². The summed E-state index contributed by atoms with van der Waals surface area (Å²) in [6, 6.07) is 0. The summed E-state index contributed by atoms with van der Waals surface area (Å²) in [5.41, 5.74) is 0. The average molecular weight is 267 g/mol. The Bertz CT molecular complexity index is 562. The van der Waals surface area contributed by atoms with E-state index in [1.165, 1.54) is 0 Å². The number of hydrogen-bond donors (Lipinski definition) is 1. The van der Waals surface area contributed by atoms with Crippen LogP contribution in [-0.4, -0.2) is 41.1 Å². The van der Waals surface area contributed by atoms with Crippen molar-refractivity contribution in [2.45, 2.75) is 18.6 Å². The average Bonchev–Trinajstić information content (AvgIpc) is 2.86. The summed E-state index contributed by atoms with van der Waals surface area (Å²) in [5.74, 6) is 0.712. The summed E-state index contributed by atoms with van der Waals surface area (Å²) >= 11 is 1.16. The van der Waals surface area contributed by atoms with E-state index < -0.39 is 5.97 Å². The molecule has 18 heavy (non-hydrogen) atoms. The molecule has 0 aliphatic rings. The Morgan fingerprint density at radius 1 is 1.50 bits per heavy atom. The van der Waals surface area contributed by atoms with Crippen LogP contribution in [0.3, 0.4) is 0 Å². The number of aromatic nitrogens is 5. The van der Waals surface area contributed by atoms with Gasteiger partial charge in [-0.15, -0.1) is 10.2 Å². The number of imidazole rings is 1. The molecule has 0 atom stereocenters. The van der Waals surface area contributed by atoms with Gasteiger partial charge in [0.25, 0.3) is 0 Å². The molecule has 0 amide bonds. The number of nitrogens with zero attached hydrogens (tertiary/aromatic N) is 5. The topological polar surface area (TPSA) is 85.8 Å². The molecule has 0 aromatic carbocycles. The van der Waals surface area contributed by atoms with Crippen LogP contribution in [0.1, 0.15) is 11.6 Å². The monoisotopic (exact) mass is 267 g/mol. The number of aryl methyl sites for hydroxylation is 2. The summed E-state index contributed by atoms with van der Waals surface area (Å²) in [6.45, 7) is 2.37. The highest BCUT2D eigenvalue weighted by molar-refractivity contribution is 7.99. The zero-order chi connectivity index (χ0) is 13.1. The first-order valence-electron chi connectivity index (χ1n) is 5.28. The Hall–Kier alpha value is -1.83. The number of hydrogen-bond acceptors (Lipinski definition) is 5. The van der Waals surface area contributed by atoms with Gasteiger partial charge < -0.3 is 9.67 Å². The van der Waals surface area contributed by atoms with Crippen molar-refractivity contribution >= 4 is 17.7 Å². The molecule has 0 bridgehead atoms. The molecule has 0 saturated carbocycles. The van der Waals surface area contributed by atoms with Gasteiger partial charge in [-0.05, 0) is 6.92 Å². The predicted molar refractivity (Wildman–Crippen MR) is 65.4 cm³/mol. The van der Waals surface area contributed by atoms with Crippen molar-refractivity contribution in [1.29, 1.82) is 0 Å². The summed E-state index contributed by atoms with van der Waals surface area (Å²) in [6.07, 6.45) is 3.58. The number of aliphatic carboxylic acids is 1. The third kappa shape index (κ3) is 2.70. The fraction of sp³-hybridized carbons (Fsp3) is 0.400. The molecule has 96 valence electrons. The van der Waals surface area contributed by atoms with Crippen LogP contribution in [0, 0.1) is 6.92 Å². The molecule has 2 rings (SSSR count). The minimum absolute atomic E-state index is 0.0291. The van der Waals surface area contributed by atoms with Crippen molar-refractivity contribution < 1.29 is 9.90 Å². The Morgan fingerprint density at radius 3 is 2.89 bits per heavy atom. The standard InChI is InChI=1S/C10H13N5O2S/c1-7-12-13-10(18-6-9(16)17)15(7)5-8-11-3-4-14(8)2/h3-4H,5-6H2,1-2H3,(H,16,17). The van der Waals surface area contributed by atoms with Gasteiger partial charge in [-0.3, -0.25) is 9.36 Å². The van der Waals surface area contributed by atoms with Crippen LogP contribution < -0.4 is 0 Å². The first-order valence-corrected chi connectivity index (χ1v) is 6.27. The molecular formula is C10H13N5O2S. The van der Waals surface area contributed by atoms with Crippen LogP contribution in [0.15, 0.2) is 17.6 Å². The van der Waals surface area contributed by atoms with Crippen LogP contribution in [0.2, 0.25) is 0 Å². The van der Waals surface area contributed by atoms with Gasteiger partial charge in [0.05, 0.1) is 12.3 Å². The molecule has 0 unspecified atom stereocenters. The van der Waals surface area contributed by atoms with E-state index in [9.17, 15) is 4.79 Å². The maximum Gasteiger partial charge on any atom is 0.313 e. The molecule has 1 N–H and O–H groups in total. The molecule has 2 heterocycles. The normalized spacial score (nSPS) is 10.8. The molecule has 2 aromatic heterocycles. The molecule has 7 nitrogen and oxygen atoms in total. The van der Waals surface area contributed by atoms with Gasteiger partial charge >= 0.3 is 5.97 Å². The molecular weight excluding hydrogens is 254 g/mol. The molecule has 0 saturated heterocycles. The lowest BCUT2D eigenvalue weighted by molar-refractivity contribution is -0.133. The molecule has 0 fully saturated rings. The van der Waals surface area contributed by atoms with Crippen molar-refractivity contribution in [3.63, 3.8) is 0 Å². The van der Waals surface area contributed by atoms with Crippen molar-refractivity contribution in [2.24, 2.45) is 7.05 Å². The highest BCUT2D eigenvalue weighted by Crippen LogP contribution is 2.17. The summed E-state index contributed by atoms with van der Waals surface area (Å²) in [4.78, 5) is 14.8. The minimum Gasteiger partial charge on any atom is -0.481 e. The summed E-state index contributed by atoms with van der Waals surface area (Å²) in [7, 11) is 1.91. The Labute approximate surface area is 108 Å². The van der Waals surface area contributed by atoms with E-state index in [1.54, 1.807) is 6.20 Å². The minimum atomic E-state index is -0.871. The van der Waals surface area contributed by atoms with Crippen molar-refractivity contribution in [2.75, 3.05) is 5.75 Å². The van der Waals surface area contributed by atoms with Gasteiger partial charge in [0.15, 0.2) is 5.16 Å². The molecule has 0 radical (unpaired) electrons. The van der Waals surface area contributed by atoms with E-state index in [4.69, 9.17) is 5.11 Å². The maximum absolute atomic E-state index is 10.6. The Balaban J connectivity index is 2.19. The van der Waals surface area contributed by atoms with Crippen LogP contribution in [0.25, 0.3) is 0 Å². The van der Waals surface area contributed by atoms with Crippen LogP contribution >= 0.6 is 11.8 Å². The van der Waals surface area contributed by atoms with Gasteiger partial charge in [0.2, 0.25) is 0 Å². The Morgan fingerprint density at radius 2 is 2.28 bits per heavy atom. The fourth-order valence-electron chi connectivity index (χ4n) is 1.47. The maximum atomic E-state index is 10.6. The van der Waals surface area contributed by atoms with Crippen molar-refractivity contribution in [3.8, 4) is 0 Å². The number of rotatable bonds is 5. The van der Waals surface area contributed by atoms with Gasteiger partial charge in [0.1, 0.15) is 11.6 Å². The van der Waals surface area contributed by atoms with Crippen molar-refractivity contribution in [1.82, 2.24) is 24.3 Å². The number of thioether (sulfide) groups is 1. The van der Waals surface area contributed by atoms with E-state index in [2.05, 4.69) is 15.2 Å². The third-order valence-corrected chi connectivity index (χ3v) is 3.40. The molecule has 0 spiro atoms. The third-order valence-electron chi connectivity index (χ3n) is 2.45. The molecule has 8 heteroatoms. The summed E-state index contributed by atoms with van der Waals surface area (Å²) in [5, 5.41) is 17.2. The zero-order valence-corrected chi connectivity index (χ0v) is 10.9. The fourth-order valence-corrected chi connectivity index (χ4v) is 2.17. The Kier molecular flexibility index (Phi) is 3.66. The first kappa shape index (κ1) is 12.6. The first-order chi connectivity index (χ1) is 8.58. The lowest BCUT2D eigenvalue weighted by Crippen LogP contribution is -2.09. The smallest absolute Gasteiger partial charge is 0.313 e. The van der Waals surface area contributed by atoms with Gasteiger partial charge in [-0.25, -0.2) is 4.98 Å². The van der Waals surface area contributed by atoms with Crippen LogP contribution in [0.4, 0.5) is 0 Å². The number of carboxylic acids is 1. The lowest BCUT2D eigenvalue weighted by atomic mass is 10.5. The van der Waals surface area contributed by atoms with Crippen LogP contribution in [-0.2, 0) is 18.4 Å². The quantitative estimate of drug-likeness (QED) is 0.796. The van der Waals surface area contributed by atoms with E-state index >= 15 is 0 Å². The molecule has 0 aliphatic carbocycles. The van der Waals surface area contributed by atoms with E-state index in [0.29, 0.717) is 11.7 Å². The van der Waals surface area contributed by atoms with Gasteiger partial charge in [-0.2, -0.15) is 0 Å². The van der Waals surface area contributed by atoms with E-state index in [0.717, 1.165) is 23.4 Å². The van der Waals surface area contributed by atoms with Crippen LogP contribution in [0.5, 0.6) is 0 Å². The second-order valence-electron chi connectivity index (χ2n) is 3.75. The molecule has 2 aromatic rings. The van der Waals surface area contributed by atoms with Gasteiger partial charge in [-0.1, -0.05) is 11.8 Å². The number of carbonyl (C=O) groups is 1. The predicted octanol–water partition coefficient (Wildman–Crippen LogP) is 0.545. The summed E-state index contributed by atoms with van der Waals surface area (Å²) < 4.78 is 3.76. The lowest BCUT2D eigenvalue weighted by Gasteiger charge is -2.07. The zero-order valence-electron chi connectivity index (χ0n) is 10.1. The second-order valence-corrected chi connectivity index (χ2v) is 4.70. The highest BCUT2D eigenvalue weighted by Gasteiger charge is 2.13. The number of carboxylic acid groups (broad SMARTS) is 1. The van der Waals surface area contributed by atoms with E-state index in [-0.39, 0.29) is 5.75 Å².